The predicted molar refractivity (Wildman–Crippen MR) is 423 cm³/mol. The van der Waals surface area contributed by atoms with E-state index in [1.165, 1.54) is 231 Å². The van der Waals surface area contributed by atoms with Crippen LogP contribution in [0, 0.1) is 23.7 Å². The summed E-state index contributed by atoms with van der Waals surface area (Å²) < 4.78 is 68.7. The smallest absolute Gasteiger partial charge is 0.462 e. The molecule has 0 aliphatic heterocycles. The first-order valence-corrected chi connectivity index (χ1v) is 46.2. The Morgan fingerprint density at radius 3 is 0.689 bits per heavy atom. The van der Waals surface area contributed by atoms with Crippen molar-refractivity contribution in [3.63, 3.8) is 0 Å². The summed E-state index contributed by atoms with van der Waals surface area (Å²) in [7, 11) is -9.92. The lowest BCUT2D eigenvalue weighted by molar-refractivity contribution is -0.161. The fourth-order valence-electron chi connectivity index (χ4n) is 12.9. The molecule has 0 aromatic carbocycles. The zero-order chi connectivity index (χ0) is 76.0. The van der Waals surface area contributed by atoms with Gasteiger partial charge in [-0.15, -0.1) is 0 Å². The van der Waals surface area contributed by atoms with Crippen LogP contribution in [0.3, 0.4) is 0 Å². The minimum absolute atomic E-state index is 0.105. The van der Waals surface area contributed by atoms with Gasteiger partial charge in [-0.25, -0.2) is 9.13 Å². The monoisotopic (exact) mass is 1510 g/mol. The van der Waals surface area contributed by atoms with Crippen molar-refractivity contribution in [1.82, 2.24) is 0 Å². The maximum absolute atomic E-state index is 13.1. The molecule has 0 aromatic rings. The Balaban J connectivity index is 5.20. The van der Waals surface area contributed by atoms with Crippen molar-refractivity contribution in [2.24, 2.45) is 23.7 Å². The third-order valence-electron chi connectivity index (χ3n) is 19.9. The number of carbonyl (C=O) groups excluding carboxylic acids is 4. The summed E-state index contributed by atoms with van der Waals surface area (Å²) in [6.07, 6.45) is 61.3. The minimum atomic E-state index is -4.97. The zero-order valence-electron chi connectivity index (χ0n) is 68.0. The summed E-state index contributed by atoms with van der Waals surface area (Å²) >= 11 is 0. The second-order valence-corrected chi connectivity index (χ2v) is 34.8. The number of hydrogen-bond donors (Lipinski definition) is 3. The molecule has 0 aliphatic carbocycles. The highest BCUT2D eigenvalue weighted by Crippen LogP contribution is 2.45. The second kappa shape index (κ2) is 72.9. The molecule has 19 heteroatoms. The number of unbranched alkanes of at least 4 members (excludes halogenated alkanes) is 46. The molecule has 0 fully saturated rings. The normalized spacial score (nSPS) is 14.2. The van der Waals surface area contributed by atoms with E-state index in [9.17, 15) is 43.2 Å². The lowest BCUT2D eigenvalue weighted by Gasteiger charge is -2.21. The van der Waals surface area contributed by atoms with Crippen molar-refractivity contribution >= 4 is 39.5 Å². The molecule has 3 N–H and O–H groups in total. The van der Waals surface area contributed by atoms with Crippen molar-refractivity contribution in [2.45, 2.75) is 453 Å². The van der Waals surface area contributed by atoms with Gasteiger partial charge in [-0.05, 0) is 49.4 Å². The van der Waals surface area contributed by atoms with Crippen LogP contribution in [0.15, 0.2) is 0 Å². The van der Waals surface area contributed by atoms with E-state index in [2.05, 4.69) is 55.4 Å². The van der Waals surface area contributed by atoms with E-state index < -0.39 is 97.5 Å². The number of esters is 4. The standard InChI is InChI=1S/C84H164O17P2/c1-9-77(8)63-55-47-38-32-25-21-17-12-10-11-13-19-23-27-34-40-50-58-66-83(88)100-79(70-94-81(86)64-56-48-39-33-26-22-18-15-14-16-20-24-30-36-44-52-60-74(2)3)72-98-102(90,91)96-68-78(85)69-97-103(92,93)99-73-80(71-95-82(87)65-57-49-43-42-46-54-62-76(6)7)101-84(89)67-59-51-41-35-29-28-31-37-45-53-61-75(4)5/h74-80,85H,9-73H2,1-8H3,(H,90,91)(H,92,93)/t77?,78-,79-,80-/m1/s1. The topological polar surface area (TPSA) is 237 Å². The Labute approximate surface area is 632 Å². The largest absolute Gasteiger partial charge is 0.472 e. The maximum atomic E-state index is 13.1. The predicted octanol–water partition coefficient (Wildman–Crippen LogP) is 25.2. The Hall–Kier alpha value is -1.94. The molecule has 0 amide bonds. The molecule has 0 rings (SSSR count). The van der Waals surface area contributed by atoms with Crippen LogP contribution in [-0.2, 0) is 65.4 Å². The molecule has 0 heterocycles. The molecule has 0 saturated heterocycles. The van der Waals surface area contributed by atoms with Crippen molar-refractivity contribution in [1.29, 1.82) is 0 Å². The first kappa shape index (κ1) is 101. The molecule has 0 bridgehead atoms. The van der Waals surface area contributed by atoms with E-state index in [0.29, 0.717) is 31.6 Å². The average molecular weight is 1510 g/mol. The molecular formula is C84H164O17P2. The molecular weight excluding hydrogens is 1340 g/mol. The van der Waals surface area contributed by atoms with Crippen LogP contribution >= 0.6 is 15.6 Å². The molecule has 0 spiro atoms. The van der Waals surface area contributed by atoms with Gasteiger partial charge < -0.3 is 33.8 Å². The molecule has 3 unspecified atom stereocenters. The highest BCUT2D eigenvalue weighted by atomic mass is 31.2. The number of rotatable bonds is 81. The summed E-state index contributed by atoms with van der Waals surface area (Å²) in [6.45, 7) is 14.3. The summed E-state index contributed by atoms with van der Waals surface area (Å²) in [5.41, 5.74) is 0. The maximum Gasteiger partial charge on any atom is 0.472 e. The SMILES string of the molecule is CCC(C)CCCCCCCCCCCCCCCCCCCCC(=O)O[C@H](COC(=O)CCCCCCCCCCCCCCCCCCC(C)C)COP(=O)(O)OC[C@@H](O)COP(=O)(O)OC[C@@H](COC(=O)CCCCCCCCC(C)C)OC(=O)CCCCCCCCCCCCC(C)C. The summed E-state index contributed by atoms with van der Waals surface area (Å²) in [5, 5.41) is 10.6. The van der Waals surface area contributed by atoms with Crippen molar-refractivity contribution in [3.8, 4) is 0 Å². The van der Waals surface area contributed by atoms with Crippen molar-refractivity contribution in [3.05, 3.63) is 0 Å². The number of carbonyl (C=O) groups is 4. The number of aliphatic hydroxyl groups is 1. The van der Waals surface area contributed by atoms with Crippen molar-refractivity contribution in [2.75, 3.05) is 39.6 Å². The number of hydrogen-bond acceptors (Lipinski definition) is 15. The molecule has 0 aromatic heterocycles. The minimum Gasteiger partial charge on any atom is -0.462 e. The Bertz CT molecular complexity index is 2010. The van der Waals surface area contributed by atoms with Gasteiger partial charge in [0.05, 0.1) is 26.4 Å². The second-order valence-electron chi connectivity index (χ2n) is 31.9. The van der Waals surface area contributed by atoms with Gasteiger partial charge in [0.2, 0.25) is 0 Å². The van der Waals surface area contributed by atoms with Crippen LogP contribution in [0.5, 0.6) is 0 Å². The number of phosphoric acid groups is 2. The summed E-state index contributed by atoms with van der Waals surface area (Å²) in [6, 6.07) is 0. The fourth-order valence-corrected chi connectivity index (χ4v) is 14.5. The first-order chi connectivity index (χ1) is 49.6. The van der Waals surface area contributed by atoms with Crippen LogP contribution < -0.4 is 0 Å². The lowest BCUT2D eigenvalue weighted by Crippen LogP contribution is -2.30. The Morgan fingerprint density at radius 2 is 0.466 bits per heavy atom. The highest BCUT2D eigenvalue weighted by molar-refractivity contribution is 7.47. The third-order valence-corrected chi connectivity index (χ3v) is 21.8. The third kappa shape index (κ3) is 76.6. The van der Waals surface area contributed by atoms with Crippen LogP contribution in [0.25, 0.3) is 0 Å². The van der Waals surface area contributed by atoms with Gasteiger partial charge in [0.25, 0.3) is 0 Å². The van der Waals surface area contributed by atoms with Gasteiger partial charge in [-0.2, -0.15) is 0 Å². The number of ether oxygens (including phenoxy) is 4. The quantitative estimate of drug-likeness (QED) is 0.0222. The number of aliphatic hydroxyl groups excluding tert-OH is 1. The van der Waals surface area contributed by atoms with E-state index in [0.717, 1.165) is 114 Å². The fraction of sp³-hybridized carbons (Fsp3) is 0.952. The molecule has 612 valence electrons. The average Bonchev–Trinajstić information content (AvgIpc) is 0.999. The van der Waals surface area contributed by atoms with Crippen LogP contribution in [0.1, 0.15) is 434 Å². The van der Waals surface area contributed by atoms with E-state index in [4.69, 9.17) is 37.0 Å². The Kier molecular flexibility index (Phi) is 71.5. The first-order valence-electron chi connectivity index (χ1n) is 43.2. The molecule has 0 radical (unpaired) electrons. The lowest BCUT2D eigenvalue weighted by atomic mass is 9.99. The van der Waals surface area contributed by atoms with E-state index in [-0.39, 0.29) is 25.7 Å². The zero-order valence-corrected chi connectivity index (χ0v) is 69.7. The van der Waals surface area contributed by atoms with E-state index in [1.54, 1.807) is 0 Å². The van der Waals surface area contributed by atoms with Gasteiger partial charge >= 0.3 is 39.5 Å². The van der Waals surface area contributed by atoms with Crippen LogP contribution in [0.4, 0.5) is 0 Å². The van der Waals surface area contributed by atoms with Gasteiger partial charge in [-0.3, -0.25) is 37.3 Å². The van der Waals surface area contributed by atoms with Crippen LogP contribution in [0.2, 0.25) is 0 Å². The van der Waals surface area contributed by atoms with Crippen molar-refractivity contribution < 1.29 is 80.2 Å². The summed E-state index contributed by atoms with van der Waals surface area (Å²) in [5.74, 6) is 1.00. The van der Waals surface area contributed by atoms with Crippen LogP contribution in [-0.4, -0.2) is 96.7 Å². The van der Waals surface area contributed by atoms with Gasteiger partial charge in [0.15, 0.2) is 12.2 Å². The Morgan fingerprint density at radius 1 is 0.272 bits per heavy atom. The molecule has 17 nitrogen and oxygen atoms in total. The van der Waals surface area contributed by atoms with E-state index in [1.807, 2.05) is 0 Å². The molecule has 6 atom stereocenters. The van der Waals surface area contributed by atoms with Gasteiger partial charge in [0.1, 0.15) is 19.3 Å². The molecule has 103 heavy (non-hydrogen) atoms. The highest BCUT2D eigenvalue weighted by Gasteiger charge is 2.30. The summed E-state index contributed by atoms with van der Waals surface area (Å²) in [4.78, 5) is 73.1. The van der Waals surface area contributed by atoms with E-state index >= 15 is 0 Å². The van der Waals surface area contributed by atoms with Gasteiger partial charge in [0, 0.05) is 25.7 Å². The van der Waals surface area contributed by atoms with Gasteiger partial charge in [-0.1, -0.05) is 383 Å². The molecule has 0 aliphatic rings. The molecule has 0 saturated carbocycles. The number of phosphoric ester groups is 2.